The summed E-state index contributed by atoms with van der Waals surface area (Å²) in [5, 5.41) is 5.86. The predicted molar refractivity (Wildman–Crippen MR) is 232 cm³/mol. The number of halogens is 1. The predicted octanol–water partition coefficient (Wildman–Crippen LogP) is 7.45. The third kappa shape index (κ3) is 17.9. The molecule has 0 unspecified atom stereocenters. The fourth-order valence-corrected chi connectivity index (χ4v) is 7.36. The third-order valence-corrected chi connectivity index (χ3v) is 10.7. The molecule has 2 aromatic rings. The van der Waals surface area contributed by atoms with Crippen LogP contribution in [0.4, 0.5) is 0 Å². The fraction of sp³-hybridized carbons (Fsp3) is 0.652. The van der Waals surface area contributed by atoms with Crippen LogP contribution in [0.15, 0.2) is 36.4 Å². The molecule has 2 aliphatic heterocycles. The summed E-state index contributed by atoms with van der Waals surface area (Å²) in [4.78, 5) is 52.8. The van der Waals surface area contributed by atoms with Crippen LogP contribution >= 0.6 is 12.4 Å². The first-order valence-corrected chi connectivity index (χ1v) is 21.5. The molecule has 4 rings (SSSR count). The van der Waals surface area contributed by atoms with E-state index in [1.54, 1.807) is 4.90 Å². The molecule has 2 aliphatic rings. The van der Waals surface area contributed by atoms with Crippen LogP contribution in [0, 0.1) is 0 Å². The number of likely N-dealkylation sites (tertiary alicyclic amines) is 2. The van der Waals surface area contributed by atoms with Crippen LogP contribution in [0.5, 0.6) is 11.5 Å². The number of hydrogen-bond donors (Lipinski definition) is 3. The Balaban J connectivity index is 0.000000387. The quantitative estimate of drug-likeness (QED) is 0.106. The Bertz CT molecular complexity index is 1370. The molecule has 10 nitrogen and oxygen atoms in total. The topological polar surface area (TPSA) is 118 Å². The number of nitrogens with zero attached hydrogens (tertiary/aromatic N) is 1. The van der Waals surface area contributed by atoms with Gasteiger partial charge in [-0.3, -0.25) is 19.2 Å². The van der Waals surface area contributed by atoms with Gasteiger partial charge in [0.05, 0.1) is 39.0 Å². The zero-order valence-corrected chi connectivity index (χ0v) is 37.1. The van der Waals surface area contributed by atoms with E-state index in [1.165, 1.54) is 51.6 Å². The number of nitrogens with one attached hydrogen (secondary N) is 3. The monoisotopic (exact) mass is 814 g/mol. The van der Waals surface area contributed by atoms with E-state index in [0.717, 1.165) is 48.4 Å². The summed E-state index contributed by atoms with van der Waals surface area (Å²) >= 11 is 0. The largest absolute Gasteiger partial charge is 0.426 e. The molecule has 57 heavy (non-hydrogen) atoms. The molecular weight excluding hydrogens is 740 g/mol. The summed E-state index contributed by atoms with van der Waals surface area (Å²) in [7, 11) is 0. The minimum Gasteiger partial charge on any atom is -0.426 e. The molecule has 2 aromatic carbocycles. The Morgan fingerprint density at radius 3 is 1.37 bits per heavy atom. The number of rotatable bonds is 18. The zero-order valence-electron chi connectivity index (χ0n) is 36.3. The molecule has 2 saturated heterocycles. The molecule has 2 amide bonds. The number of benzene rings is 2. The lowest BCUT2D eigenvalue weighted by atomic mass is 9.94. The van der Waals surface area contributed by atoms with Gasteiger partial charge in [0.25, 0.3) is 0 Å². The maximum atomic E-state index is 12.4. The lowest BCUT2D eigenvalue weighted by Gasteiger charge is -2.26. The van der Waals surface area contributed by atoms with E-state index in [0.29, 0.717) is 24.6 Å². The smallest absolute Gasteiger partial charge is 0.311 e. The van der Waals surface area contributed by atoms with Crippen molar-refractivity contribution in [1.82, 2.24) is 15.5 Å². The van der Waals surface area contributed by atoms with Crippen molar-refractivity contribution >= 4 is 36.2 Å². The number of para-hydroxylation sites is 2. The van der Waals surface area contributed by atoms with Gasteiger partial charge < -0.3 is 29.9 Å². The highest BCUT2D eigenvalue weighted by Gasteiger charge is 2.21. The van der Waals surface area contributed by atoms with Crippen LogP contribution in [-0.4, -0.2) is 81.0 Å². The fourth-order valence-electron chi connectivity index (χ4n) is 7.36. The Morgan fingerprint density at radius 1 is 0.579 bits per heavy atom. The molecule has 0 aliphatic carbocycles. The van der Waals surface area contributed by atoms with Gasteiger partial charge in [0.15, 0.2) is 0 Å². The molecule has 0 bridgehead atoms. The van der Waals surface area contributed by atoms with Gasteiger partial charge in [-0.25, -0.2) is 0 Å². The molecule has 0 aromatic heterocycles. The van der Waals surface area contributed by atoms with Crippen LogP contribution in [0.3, 0.4) is 0 Å². The van der Waals surface area contributed by atoms with Gasteiger partial charge in [0.2, 0.25) is 11.8 Å². The molecule has 0 atom stereocenters. The molecule has 320 valence electrons. The summed E-state index contributed by atoms with van der Waals surface area (Å²) in [6.07, 6.45) is 8.24. The molecule has 0 saturated carbocycles. The summed E-state index contributed by atoms with van der Waals surface area (Å²) in [5.41, 5.74) is 4.14. The van der Waals surface area contributed by atoms with E-state index in [9.17, 15) is 19.2 Å². The van der Waals surface area contributed by atoms with Gasteiger partial charge in [-0.15, -0.1) is 12.4 Å². The van der Waals surface area contributed by atoms with Gasteiger partial charge in [0, 0.05) is 25.9 Å². The number of piperidine rings is 2. The summed E-state index contributed by atoms with van der Waals surface area (Å²) in [5.74, 6) is 1.55. The van der Waals surface area contributed by atoms with Crippen molar-refractivity contribution in [1.29, 1.82) is 0 Å². The normalized spacial score (nSPS) is 14.8. The van der Waals surface area contributed by atoms with E-state index in [1.807, 2.05) is 36.4 Å². The minimum absolute atomic E-state index is 0. The molecule has 2 heterocycles. The summed E-state index contributed by atoms with van der Waals surface area (Å²) in [6.45, 7) is 24.5. The summed E-state index contributed by atoms with van der Waals surface area (Å²) in [6, 6.07) is 12.1. The van der Waals surface area contributed by atoms with Crippen molar-refractivity contribution in [3.8, 4) is 11.5 Å². The summed E-state index contributed by atoms with van der Waals surface area (Å²) < 4.78 is 11.4. The first kappa shape index (κ1) is 49.7. The van der Waals surface area contributed by atoms with Crippen molar-refractivity contribution in [2.24, 2.45) is 0 Å². The van der Waals surface area contributed by atoms with Crippen LogP contribution in [0.1, 0.15) is 166 Å². The number of amides is 2. The van der Waals surface area contributed by atoms with E-state index in [2.05, 4.69) is 70.9 Å². The third-order valence-electron chi connectivity index (χ3n) is 10.7. The number of esters is 2. The molecule has 2 fully saturated rings. The molecular formula is C46H74ClN4O6+. The second-order valence-electron chi connectivity index (χ2n) is 16.8. The number of ether oxygens (including phenoxy) is 2. The van der Waals surface area contributed by atoms with Crippen molar-refractivity contribution < 1.29 is 33.6 Å². The van der Waals surface area contributed by atoms with Crippen molar-refractivity contribution in [3.63, 3.8) is 0 Å². The lowest BCUT2D eigenvalue weighted by molar-refractivity contribution is -0.903. The van der Waals surface area contributed by atoms with Crippen molar-refractivity contribution in [2.75, 3.05) is 52.4 Å². The second-order valence-corrected chi connectivity index (χ2v) is 16.8. The number of hydrogen-bond acceptors (Lipinski definition) is 7. The molecule has 11 heteroatoms. The average molecular weight is 815 g/mol. The first-order chi connectivity index (χ1) is 26.8. The van der Waals surface area contributed by atoms with E-state index < -0.39 is 0 Å². The highest BCUT2D eigenvalue weighted by Crippen LogP contribution is 2.36. The maximum Gasteiger partial charge on any atom is 0.311 e. The van der Waals surface area contributed by atoms with Gasteiger partial charge in [-0.2, -0.15) is 0 Å². The lowest BCUT2D eigenvalue weighted by Crippen LogP contribution is -3.13. The Hall–Kier alpha value is -3.47. The van der Waals surface area contributed by atoms with Crippen LogP contribution in [0.2, 0.25) is 0 Å². The highest BCUT2D eigenvalue weighted by molar-refractivity contribution is 5.85. The highest BCUT2D eigenvalue weighted by atomic mass is 35.5. The first-order valence-electron chi connectivity index (χ1n) is 21.5. The van der Waals surface area contributed by atoms with Gasteiger partial charge in [0.1, 0.15) is 11.5 Å². The van der Waals surface area contributed by atoms with E-state index >= 15 is 0 Å². The van der Waals surface area contributed by atoms with Gasteiger partial charge >= 0.3 is 11.9 Å². The van der Waals surface area contributed by atoms with Gasteiger partial charge in [-0.05, 0) is 91.1 Å². The number of carbonyl (C=O) groups excluding carboxylic acids is 4. The Morgan fingerprint density at radius 2 is 0.965 bits per heavy atom. The van der Waals surface area contributed by atoms with Crippen molar-refractivity contribution in [3.05, 3.63) is 58.7 Å². The Kier molecular flexibility index (Phi) is 23.1. The number of quaternary nitrogens is 1. The van der Waals surface area contributed by atoms with Crippen LogP contribution < -0.4 is 25.0 Å². The van der Waals surface area contributed by atoms with Crippen LogP contribution in [-0.2, 0) is 19.2 Å². The van der Waals surface area contributed by atoms with Crippen LogP contribution in [0.25, 0.3) is 0 Å². The van der Waals surface area contributed by atoms with E-state index in [4.69, 9.17) is 9.47 Å². The van der Waals surface area contributed by atoms with Crippen molar-refractivity contribution in [2.45, 2.75) is 143 Å². The standard InChI is InChI=1S/2C23H36N2O3.ClH/c2*1-17(2)19-9-8-10-20(18(3)4)23(19)28-22(27)12-11-21(26)24-13-16-25-14-6-5-7-15-25;/h2*8-10,17-18H,5-7,11-16H2,1-4H3,(H,24,26);1H/p+1. The Labute approximate surface area is 350 Å². The average Bonchev–Trinajstić information content (AvgIpc) is 3.17. The van der Waals surface area contributed by atoms with Gasteiger partial charge in [-0.1, -0.05) is 98.2 Å². The second kappa shape index (κ2) is 26.5. The van der Waals surface area contributed by atoms with E-state index in [-0.39, 0.29) is 85.5 Å². The molecule has 0 radical (unpaired) electrons. The zero-order chi connectivity index (χ0) is 41.0. The number of carbonyl (C=O) groups is 4. The molecule has 0 spiro atoms. The maximum absolute atomic E-state index is 12.4. The minimum atomic E-state index is -0.346. The molecule has 3 N–H and O–H groups in total. The SMILES string of the molecule is CC(C)c1cccc(C(C)C)c1OC(=O)CCC(=O)NCCN1CCCCC1.CC(C)c1cccc(C(C)C)c1OC(=O)CCC(=O)NCC[NH+]1CCCCC1.Cl.